The minimum atomic E-state index is -3.16. The molecule has 0 saturated carbocycles. The van der Waals surface area contributed by atoms with Crippen LogP contribution in [0.1, 0.15) is 16.7 Å². The molecular formula is C20H20BrFN2O2S2. The number of amidine groups is 1. The number of rotatable bonds is 3. The fourth-order valence-electron chi connectivity index (χ4n) is 3.63. The number of anilines is 1. The van der Waals surface area contributed by atoms with Crippen molar-refractivity contribution in [2.24, 2.45) is 4.99 Å². The van der Waals surface area contributed by atoms with Gasteiger partial charge in [0.25, 0.3) is 0 Å². The van der Waals surface area contributed by atoms with Crippen LogP contribution in [-0.2, 0) is 15.6 Å². The number of nitrogens with zero attached hydrogens (tertiary/aromatic N) is 2. The number of fused-ring (bicyclic) bond motifs is 1. The Balaban J connectivity index is 1.64. The Labute approximate surface area is 177 Å². The van der Waals surface area contributed by atoms with Crippen LogP contribution in [0.4, 0.5) is 10.1 Å². The second-order valence-corrected chi connectivity index (χ2v) is 11.3. The molecule has 2 aliphatic rings. The van der Waals surface area contributed by atoms with Gasteiger partial charge in [0.2, 0.25) is 0 Å². The highest BCUT2D eigenvalue weighted by atomic mass is 79.9. The zero-order valence-electron chi connectivity index (χ0n) is 15.5. The minimum Gasteiger partial charge on any atom is -0.312 e. The van der Waals surface area contributed by atoms with Gasteiger partial charge in [-0.15, -0.1) is 0 Å². The molecule has 1 saturated heterocycles. The highest BCUT2D eigenvalue weighted by Gasteiger charge is 2.47. The zero-order valence-corrected chi connectivity index (χ0v) is 18.7. The average molecular weight is 483 g/mol. The Morgan fingerprint density at radius 1 is 1.18 bits per heavy atom. The molecule has 148 valence electrons. The van der Waals surface area contributed by atoms with E-state index in [-0.39, 0.29) is 29.4 Å². The van der Waals surface area contributed by atoms with E-state index in [1.165, 1.54) is 29.0 Å². The van der Waals surface area contributed by atoms with E-state index in [1.807, 2.05) is 0 Å². The largest absolute Gasteiger partial charge is 0.312 e. The fourth-order valence-corrected chi connectivity index (χ4v) is 6.87. The van der Waals surface area contributed by atoms with Crippen molar-refractivity contribution in [2.45, 2.75) is 31.7 Å². The van der Waals surface area contributed by atoms with Crippen LogP contribution >= 0.6 is 27.7 Å². The van der Waals surface area contributed by atoms with Crippen LogP contribution < -0.4 is 4.90 Å². The summed E-state index contributed by atoms with van der Waals surface area (Å²) in [4.78, 5) is 6.45. The van der Waals surface area contributed by atoms with E-state index < -0.39 is 9.84 Å². The number of aliphatic imine (C=N–C) groups is 1. The summed E-state index contributed by atoms with van der Waals surface area (Å²) in [6.45, 7) is 4.16. The Kier molecular flexibility index (Phi) is 5.31. The molecule has 1 fully saturated rings. The number of halogens is 2. The molecule has 4 nitrogen and oxygen atoms in total. The molecule has 0 N–H and O–H groups in total. The number of hydrogen-bond acceptors (Lipinski definition) is 5. The van der Waals surface area contributed by atoms with Gasteiger partial charge in [0, 0.05) is 10.2 Å². The maximum absolute atomic E-state index is 14.7. The molecule has 0 aromatic heterocycles. The van der Waals surface area contributed by atoms with Crippen molar-refractivity contribution in [3.05, 3.63) is 63.4 Å². The van der Waals surface area contributed by atoms with E-state index in [0.717, 1.165) is 5.56 Å². The summed E-state index contributed by atoms with van der Waals surface area (Å²) in [5.74, 6) is 0.337. The second kappa shape index (κ2) is 7.46. The molecule has 2 aliphatic heterocycles. The molecule has 28 heavy (non-hydrogen) atoms. The molecule has 8 heteroatoms. The Morgan fingerprint density at radius 3 is 2.68 bits per heavy atom. The van der Waals surface area contributed by atoms with E-state index >= 15 is 0 Å². The van der Waals surface area contributed by atoms with Crippen molar-refractivity contribution in [3.8, 4) is 0 Å². The van der Waals surface area contributed by atoms with Gasteiger partial charge in [-0.1, -0.05) is 45.9 Å². The number of aryl methyl sites for hydroxylation is 2. The average Bonchev–Trinajstić information content (AvgIpc) is 3.08. The highest BCUT2D eigenvalue weighted by Crippen LogP contribution is 2.37. The van der Waals surface area contributed by atoms with Crippen LogP contribution in [0.5, 0.6) is 0 Å². The van der Waals surface area contributed by atoms with Crippen LogP contribution in [0.3, 0.4) is 0 Å². The Morgan fingerprint density at radius 2 is 1.96 bits per heavy atom. The monoisotopic (exact) mass is 482 g/mol. The van der Waals surface area contributed by atoms with Gasteiger partial charge in [0.15, 0.2) is 15.0 Å². The quantitative estimate of drug-likeness (QED) is 0.646. The van der Waals surface area contributed by atoms with Gasteiger partial charge >= 0.3 is 0 Å². The molecule has 2 aromatic carbocycles. The number of hydrogen-bond donors (Lipinski definition) is 0. The van der Waals surface area contributed by atoms with Crippen molar-refractivity contribution < 1.29 is 12.8 Å². The molecule has 2 aromatic rings. The van der Waals surface area contributed by atoms with Crippen molar-refractivity contribution in [3.63, 3.8) is 0 Å². The third kappa shape index (κ3) is 3.86. The molecule has 2 heterocycles. The molecule has 0 radical (unpaired) electrons. The molecule has 0 aliphatic carbocycles. The summed E-state index contributed by atoms with van der Waals surface area (Å²) in [6.07, 6.45) is 0. The molecule has 4 rings (SSSR count). The van der Waals surface area contributed by atoms with E-state index in [0.29, 0.717) is 21.1 Å². The number of benzene rings is 2. The van der Waals surface area contributed by atoms with Crippen LogP contribution in [0, 0.1) is 19.7 Å². The lowest BCUT2D eigenvalue weighted by Gasteiger charge is -2.27. The maximum Gasteiger partial charge on any atom is 0.164 e. The van der Waals surface area contributed by atoms with Crippen molar-refractivity contribution in [1.29, 1.82) is 0 Å². The third-order valence-corrected chi connectivity index (χ3v) is 8.45. The van der Waals surface area contributed by atoms with Gasteiger partial charge in [-0.3, -0.25) is 4.99 Å². The van der Waals surface area contributed by atoms with Crippen molar-refractivity contribution >= 4 is 48.4 Å². The van der Waals surface area contributed by atoms with E-state index in [9.17, 15) is 12.8 Å². The van der Waals surface area contributed by atoms with Crippen LogP contribution in [0.15, 0.2) is 45.9 Å². The van der Waals surface area contributed by atoms with Crippen LogP contribution in [0.2, 0.25) is 0 Å². The predicted molar refractivity (Wildman–Crippen MR) is 117 cm³/mol. The van der Waals surface area contributed by atoms with Gasteiger partial charge in [0.05, 0.1) is 29.3 Å². The van der Waals surface area contributed by atoms with Crippen LogP contribution in [-0.4, -0.2) is 37.2 Å². The predicted octanol–water partition coefficient (Wildman–Crippen LogP) is 4.48. The summed E-state index contributed by atoms with van der Waals surface area (Å²) in [5.41, 5.74) is 4.01. The van der Waals surface area contributed by atoms with Gasteiger partial charge < -0.3 is 4.90 Å². The Hall–Kier alpha value is -1.38. The first kappa shape index (κ1) is 19.9. The van der Waals surface area contributed by atoms with Gasteiger partial charge in [-0.05, 0) is 48.7 Å². The topological polar surface area (TPSA) is 49.7 Å². The first-order chi connectivity index (χ1) is 13.2. The summed E-state index contributed by atoms with van der Waals surface area (Å²) in [7, 11) is -3.16. The number of thioether (sulfide) groups is 1. The van der Waals surface area contributed by atoms with Crippen molar-refractivity contribution in [1.82, 2.24) is 0 Å². The standard InChI is InChI=1S/C20H20BrFN2O2S2/c1-12-3-4-14(7-13(12)2)9-27-20-23-17-10-28(25,26)11-19(17)24(20)18-6-5-15(21)8-16(18)22/h3-8,17,19H,9-11H2,1-2H3. The smallest absolute Gasteiger partial charge is 0.164 e. The second-order valence-electron chi connectivity index (χ2n) is 7.30. The summed E-state index contributed by atoms with van der Waals surface area (Å²) in [5, 5.41) is 0.685. The SMILES string of the molecule is Cc1ccc(CSC2=NC3CS(=O)(=O)CC3N2c2ccc(Br)cc2F)cc1C. The summed E-state index contributed by atoms with van der Waals surface area (Å²) in [6, 6.07) is 10.5. The van der Waals surface area contributed by atoms with Gasteiger partial charge in [-0.25, -0.2) is 12.8 Å². The molecule has 0 spiro atoms. The molecule has 0 amide bonds. The summed E-state index contributed by atoms with van der Waals surface area (Å²) < 4.78 is 39.6. The van der Waals surface area contributed by atoms with Gasteiger partial charge in [-0.2, -0.15) is 0 Å². The molecule has 2 atom stereocenters. The first-order valence-corrected chi connectivity index (χ1v) is 12.5. The number of sulfone groups is 1. The first-order valence-electron chi connectivity index (χ1n) is 8.95. The summed E-state index contributed by atoms with van der Waals surface area (Å²) >= 11 is 4.81. The van der Waals surface area contributed by atoms with E-state index in [4.69, 9.17) is 0 Å². The lowest BCUT2D eigenvalue weighted by molar-refractivity contribution is 0.600. The maximum atomic E-state index is 14.7. The fraction of sp³-hybridized carbons (Fsp3) is 0.350. The highest BCUT2D eigenvalue weighted by molar-refractivity contribution is 9.10. The minimum absolute atomic E-state index is 0.00434. The van der Waals surface area contributed by atoms with E-state index in [1.54, 1.807) is 17.0 Å². The third-order valence-electron chi connectivity index (χ3n) is 5.22. The Bertz CT molecular complexity index is 1070. The zero-order chi connectivity index (χ0) is 20.1. The molecule has 2 unspecified atom stereocenters. The molecular weight excluding hydrogens is 463 g/mol. The van der Waals surface area contributed by atoms with Gasteiger partial charge in [0.1, 0.15) is 5.82 Å². The normalized spacial score (nSPS) is 23.0. The van der Waals surface area contributed by atoms with Crippen LogP contribution in [0.25, 0.3) is 0 Å². The lowest BCUT2D eigenvalue weighted by Crippen LogP contribution is -2.39. The molecule has 0 bridgehead atoms. The van der Waals surface area contributed by atoms with Crippen molar-refractivity contribution in [2.75, 3.05) is 16.4 Å². The van der Waals surface area contributed by atoms with E-state index in [2.05, 4.69) is 53.0 Å². The lowest BCUT2D eigenvalue weighted by atomic mass is 10.1.